The Hall–Kier alpha value is -1.29. The van der Waals surface area contributed by atoms with Crippen molar-refractivity contribution in [3.8, 4) is 5.75 Å². The van der Waals surface area contributed by atoms with E-state index in [-0.39, 0.29) is 12.7 Å². The van der Waals surface area contributed by atoms with Crippen LogP contribution in [0.15, 0.2) is 18.3 Å². The lowest BCUT2D eigenvalue weighted by atomic mass is 10.0. The molecule has 88 valence electrons. The summed E-state index contributed by atoms with van der Waals surface area (Å²) in [6.07, 6.45) is 1.92. The van der Waals surface area contributed by atoms with E-state index in [0.717, 1.165) is 24.7 Å². The Kier molecular flexibility index (Phi) is 3.29. The molecule has 0 radical (unpaired) electrons. The lowest BCUT2D eigenvalue weighted by molar-refractivity contribution is 0.197. The van der Waals surface area contributed by atoms with Crippen LogP contribution in [0.25, 0.3) is 0 Å². The third-order valence-corrected chi connectivity index (χ3v) is 2.63. The Morgan fingerprint density at radius 3 is 2.94 bits per heavy atom. The van der Waals surface area contributed by atoms with Gasteiger partial charge in [-0.1, -0.05) is 0 Å². The number of anilines is 1. The molecule has 0 aromatic carbocycles. The summed E-state index contributed by atoms with van der Waals surface area (Å²) in [6.45, 7) is 5.99. The fourth-order valence-corrected chi connectivity index (χ4v) is 1.82. The maximum Gasteiger partial charge on any atom is 0.171 e. The van der Waals surface area contributed by atoms with Crippen LogP contribution in [-0.2, 0) is 0 Å². The van der Waals surface area contributed by atoms with Crippen molar-refractivity contribution in [3.05, 3.63) is 18.3 Å². The predicted molar refractivity (Wildman–Crippen MR) is 62.8 cm³/mol. The van der Waals surface area contributed by atoms with Crippen molar-refractivity contribution >= 4 is 5.82 Å². The predicted octanol–water partition coefficient (Wildman–Crippen LogP) is 1.30. The molecular weight excluding hydrogens is 204 g/mol. The summed E-state index contributed by atoms with van der Waals surface area (Å²) < 4.78 is 5.70. The first-order valence-electron chi connectivity index (χ1n) is 5.68. The first kappa shape index (κ1) is 11.2. The van der Waals surface area contributed by atoms with Crippen LogP contribution in [-0.4, -0.2) is 35.9 Å². The Morgan fingerprint density at radius 1 is 1.56 bits per heavy atom. The van der Waals surface area contributed by atoms with Crippen LogP contribution in [0.4, 0.5) is 5.82 Å². The number of aliphatic hydroxyl groups excluding tert-OH is 1. The van der Waals surface area contributed by atoms with E-state index < -0.39 is 0 Å². The van der Waals surface area contributed by atoms with Crippen LogP contribution in [0, 0.1) is 5.92 Å². The molecule has 0 bridgehead atoms. The third kappa shape index (κ3) is 2.27. The highest BCUT2D eigenvalue weighted by Gasteiger charge is 2.29. The number of hydrogen-bond donors (Lipinski definition) is 1. The third-order valence-electron chi connectivity index (χ3n) is 2.63. The average molecular weight is 222 g/mol. The van der Waals surface area contributed by atoms with Gasteiger partial charge in [-0.15, -0.1) is 0 Å². The molecule has 0 atom stereocenters. The van der Waals surface area contributed by atoms with E-state index in [1.807, 2.05) is 26.0 Å². The van der Waals surface area contributed by atoms with Crippen molar-refractivity contribution in [3.63, 3.8) is 0 Å². The van der Waals surface area contributed by atoms with Gasteiger partial charge in [-0.2, -0.15) is 0 Å². The van der Waals surface area contributed by atoms with E-state index in [0.29, 0.717) is 5.92 Å². The van der Waals surface area contributed by atoms with Gasteiger partial charge in [-0.05, 0) is 26.0 Å². The normalized spacial score (nSPS) is 16.4. The molecule has 4 nitrogen and oxygen atoms in total. The summed E-state index contributed by atoms with van der Waals surface area (Å²) in [5.41, 5.74) is 0. The molecule has 1 aromatic heterocycles. The molecular formula is C12H18N2O2. The van der Waals surface area contributed by atoms with Crippen molar-refractivity contribution < 1.29 is 9.84 Å². The maximum atomic E-state index is 8.99. The molecule has 1 saturated heterocycles. The van der Waals surface area contributed by atoms with Crippen molar-refractivity contribution in [1.29, 1.82) is 0 Å². The molecule has 0 saturated carbocycles. The van der Waals surface area contributed by atoms with Crippen LogP contribution in [0.1, 0.15) is 13.8 Å². The smallest absolute Gasteiger partial charge is 0.171 e. The fourth-order valence-electron chi connectivity index (χ4n) is 1.82. The van der Waals surface area contributed by atoms with Gasteiger partial charge in [-0.3, -0.25) is 0 Å². The topological polar surface area (TPSA) is 45.6 Å². The van der Waals surface area contributed by atoms with E-state index >= 15 is 0 Å². The number of hydrogen-bond acceptors (Lipinski definition) is 4. The van der Waals surface area contributed by atoms with Crippen LogP contribution in [0.5, 0.6) is 5.75 Å². The molecule has 2 heterocycles. The monoisotopic (exact) mass is 222 g/mol. The number of pyridine rings is 1. The van der Waals surface area contributed by atoms with Crippen LogP contribution in [0.2, 0.25) is 0 Å². The van der Waals surface area contributed by atoms with E-state index in [1.54, 1.807) is 6.20 Å². The summed E-state index contributed by atoms with van der Waals surface area (Å²) in [4.78, 5) is 6.48. The van der Waals surface area contributed by atoms with Gasteiger partial charge >= 0.3 is 0 Å². The standard InChI is InChI=1S/C12H18N2O2/c1-9(2)16-11-4-3-5-13-12(11)14-6-10(7-14)8-15/h3-5,9-10,15H,6-8H2,1-2H3. The van der Waals surface area contributed by atoms with E-state index in [2.05, 4.69) is 9.88 Å². The zero-order valence-corrected chi connectivity index (χ0v) is 9.76. The summed E-state index contributed by atoms with van der Waals surface area (Å²) in [5.74, 6) is 2.10. The summed E-state index contributed by atoms with van der Waals surface area (Å²) >= 11 is 0. The van der Waals surface area contributed by atoms with E-state index in [4.69, 9.17) is 9.84 Å². The fraction of sp³-hybridized carbons (Fsp3) is 0.583. The Labute approximate surface area is 95.9 Å². The largest absolute Gasteiger partial charge is 0.487 e. The van der Waals surface area contributed by atoms with Crippen molar-refractivity contribution in [2.75, 3.05) is 24.6 Å². The maximum absolute atomic E-state index is 8.99. The van der Waals surface area contributed by atoms with Gasteiger partial charge in [0.2, 0.25) is 0 Å². The second-order valence-electron chi connectivity index (χ2n) is 4.45. The first-order chi connectivity index (χ1) is 7.70. The Morgan fingerprint density at radius 2 is 2.31 bits per heavy atom. The number of nitrogens with zero attached hydrogens (tertiary/aromatic N) is 2. The average Bonchev–Trinajstić information content (AvgIpc) is 2.18. The molecule has 2 rings (SSSR count). The minimum Gasteiger partial charge on any atom is -0.487 e. The summed E-state index contributed by atoms with van der Waals surface area (Å²) in [5, 5.41) is 8.99. The molecule has 1 aliphatic heterocycles. The molecule has 0 amide bonds. The van der Waals surface area contributed by atoms with Crippen LogP contribution >= 0.6 is 0 Å². The van der Waals surface area contributed by atoms with Crippen molar-refractivity contribution in [2.24, 2.45) is 5.92 Å². The van der Waals surface area contributed by atoms with Gasteiger partial charge in [0, 0.05) is 31.8 Å². The number of aliphatic hydroxyl groups is 1. The summed E-state index contributed by atoms with van der Waals surface area (Å²) in [7, 11) is 0. The number of rotatable bonds is 4. The van der Waals surface area contributed by atoms with Gasteiger partial charge in [0.05, 0.1) is 6.10 Å². The highest BCUT2D eigenvalue weighted by Crippen LogP contribution is 2.31. The first-order valence-corrected chi connectivity index (χ1v) is 5.68. The molecule has 16 heavy (non-hydrogen) atoms. The van der Waals surface area contributed by atoms with Crippen molar-refractivity contribution in [2.45, 2.75) is 20.0 Å². The zero-order chi connectivity index (χ0) is 11.5. The SMILES string of the molecule is CC(C)Oc1cccnc1N1CC(CO)C1. The van der Waals surface area contributed by atoms with Gasteiger partial charge in [0.1, 0.15) is 0 Å². The van der Waals surface area contributed by atoms with Crippen LogP contribution in [0.3, 0.4) is 0 Å². The second-order valence-corrected chi connectivity index (χ2v) is 4.45. The molecule has 0 aliphatic carbocycles. The van der Waals surface area contributed by atoms with Crippen LogP contribution < -0.4 is 9.64 Å². The molecule has 1 aliphatic rings. The minimum atomic E-state index is 0.151. The van der Waals surface area contributed by atoms with E-state index in [1.165, 1.54) is 0 Å². The number of aromatic nitrogens is 1. The quantitative estimate of drug-likeness (QED) is 0.834. The Balaban J connectivity index is 2.08. The minimum absolute atomic E-state index is 0.151. The summed E-state index contributed by atoms with van der Waals surface area (Å²) in [6, 6.07) is 3.82. The van der Waals surface area contributed by atoms with Gasteiger partial charge in [0.15, 0.2) is 11.6 Å². The lowest BCUT2D eigenvalue weighted by Crippen LogP contribution is -2.49. The number of ether oxygens (including phenoxy) is 1. The Bertz CT molecular complexity index is 349. The highest BCUT2D eigenvalue weighted by atomic mass is 16.5. The molecule has 1 N–H and O–H groups in total. The second kappa shape index (κ2) is 4.70. The molecule has 0 spiro atoms. The molecule has 4 heteroatoms. The van der Waals surface area contributed by atoms with Gasteiger partial charge < -0.3 is 14.7 Å². The molecule has 1 aromatic rings. The van der Waals surface area contributed by atoms with Gasteiger partial charge in [-0.25, -0.2) is 4.98 Å². The van der Waals surface area contributed by atoms with E-state index in [9.17, 15) is 0 Å². The molecule has 0 unspecified atom stereocenters. The van der Waals surface area contributed by atoms with Crippen molar-refractivity contribution in [1.82, 2.24) is 4.98 Å². The zero-order valence-electron chi connectivity index (χ0n) is 9.76. The lowest BCUT2D eigenvalue weighted by Gasteiger charge is -2.39. The van der Waals surface area contributed by atoms with Gasteiger partial charge in [0.25, 0.3) is 0 Å². The highest BCUT2D eigenvalue weighted by molar-refractivity contribution is 5.54. The molecule has 1 fully saturated rings.